The van der Waals surface area contributed by atoms with E-state index in [9.17, 15) is 0 Å². The Kier molecular flexibility index (Phi) is 5.40. The highest BCUT2D eigenvalue weighted by atomic mass is 35.5. The quantitative estimate of drug-likeness (QED) is 0.809. The van der Waals surface area contributed by atoms with Crippen molar-refractivity contribution in [2.45, 2.75) is 26.2 Å². The Balaban J connectivity index is 1.92. The lowest BCUT2D eigenvalue weighted by atomic mass is 10.2. The number of benzene rings is 1. The lowest BCUT2D eigenvalue weighted by Gasteiger charge is -2.04. The van der Waals surface area contributed by atoms with E-state index in [2.05, 4.69) is 18.0 Å². The summed E-state index contributed by atoms with van der Waals surface area (Å²) in [5, 5.41) is 10.5. The molecule has 0 aliphatic carbocycles. The van der Waals surface area contributed by atoms with Crippen LogP contribution in [0.4, 0.5) is 0 Å². The van der Waals surface area contributed by atoms with Crippen LogP contribution in [0.15, 0.2) is 24.3 Å². The molecule has 0 amide bonds. The molecule has 0 fully saturated rings. The molecule has 0 saturated carbocycles. The highest BCUT2D eigenvalue weighted by Gasteiger charge is 2.09. The average molecular weight is 307 g/mol. The molecule has 5 heteroatoms. The predicted octanol–water partition coefficient (Wildman–Crippen LogP) is 4.05. The Morgan fingerprint density at radius 1 is 1.45 bits per heavy atom. The maximum Gasteiger partial charge on any atom is 0.120 e. The lowest BCUT2D eigenvalue weighted by Crippen LogP contribution is -2.01. The molecule has 2 aromatic rings. The van der Waals surface area contributed by atoms with Crippen molar-refractivity contribution in [3.63, 3.8) is 0 Å². The maximum absolute atomic E-state index is 8.79. The molecule has 0 unspecified atom stereocenters. The van der Waals surface area contributed by atoms with Crippen LogP contribution in [0.5, 0.6) is 5.75 Å². The summed E-state index contributed by atoms with van der Waals surface area (Å²) in [5.74, 6) is 0.766. The van der Waals surface area contributed by atoms with Gasteiger partial charge in [-0.2, -0.15) is 5.26 Å². The van der Waals surface area contributed by atoms with Crippen molar-refractivity contribution in [3.8, 4) is 11.8 Å². The van der Waals surface area contributed by atoms with E-state index in [1.54, 1.807) is 17.4 Å². The fourth-order valence-electron chi connectivity index (χ4n) is 1.84. The van der Waals surface area contributed by atoms with Gasteiger partial charge in [0.1, 0.15) is 5.75 Å². The number of rotatable bonds is 6. The molecule has 0 bridgehead atoms. The monoisotopic (exact) mass is 306 g/mol. The molecule has 3 nitrogen and oxygen atoms in total. The molecule has 1 heterocycles. The van der Waals surface area contributed by atoms with Crippen molar-refractivity contribution in [2.24, 2.45) is 0 Å². The van der Waals surface area contributed by atoms with Crippen LogP contribution < -0.4 is 4.74 Å². The summed E-state index contributed by atoms with van der Waals surface area (Å²) in [7, 11) is 0. The van der Waals surface area contributed by atoms with Gasteiger partial charge in [0, 0.05) is 16.3 Å². The van der Waals surface area contributed by atoms with E-state index in [4.69, 9.17) is 21.6 Å². The summed E-state index contributed by atoms with van der Waals surface area (Å²) in [6.07, 6.45) is 2.05. The Bertz CT molecular complexity index is 619. The molecule has 2 rings (SSSR count). The fourth-order valence-corrected chi connectivity index (χ4v) is 3.09. The third-order valence-electron chi connectivity index (χ3n) is 2.78. The largest absolute Gasteiger partial charge is 0.493 e. The summed E-state index contributed by atoms with van der Waals surface area (Å²) in [5.41, 5.74) is 1.04. The van der Waals surface area contributed by atoms with Crippen molar-refractivity contribution in [3.05, 3.63) is 44.9 Å². The first kappa shape index (κ1) is 14.8. The SMILES string of the molecule is CCc1nc(CCOc2cccc(Cl)c2)sc1CC#N. The van der Waals surface area contributed by atoms with Crippen LogP contribution in [-0.4, -0.2) is 11.6 Å². The zero-order valence-corrected chi connectivity index (χ0v) is 12.8. The summed E-state index contributed by atoms with van der Waals surface area (Å²) >= 11 is 7.50. The van der Waals surface area contributed by atoms with Crippen LogP contribution in [0.1, 0.15) is 22.5 Å². The van der Waals surface area contributed by atoms with Gasteiger partial charge in [-0.05, 0) is 24.6 Å². The second-order valence-electron chi connectivity index (χ2n) is 4.22. The van der Waals surface area contributed by atoms with E-state index in [-0.39, 0.29) is 0 Å². The molecule has 0 N–H and O–H groups in total. The first-order valence-electron chi connectivity index (χ1n) is 6.45. The molecule has 0 radical (unpaired) electrons. The van der Waals surface area contributed by atoms with Gasteiger partial charge >= 0.3 is 0 Å². The van der Waals surface area contributed by atoms with Gasteiger partial charge in [-0.25, -0.2) is 4.98 Å². The van der Waals surface area contributed by atoms with Gasteiger partial charge in [-0.3, -0.25) is 0 Å². The number of hydrogen-bond donors (Lipinski definition) is 0. The average Bonchev–Trinajstić information content (AvgIpc) is 2.82. The number of nitriles is 1. The normalized spacial score (nSPS) is 10.2. The van der Waals surface area contributed by atoms with E-state index in [1.165, 1.54) is 0 Å². The van der Waals surface area contributed by atoms with Crippen LogP contribution in [0.2, 0.25) is 5.02 Å². The van der Waals surface area contributed by atoms with Crippen molar-refractivity contribution in [1.29, 1.82) is 5.26 Å². The smallest absolute Gasteiger partial charge is 0.120 e. The molecule has 1 aromatic heterocycles. The van der Waals surface area contributed by atoms with E-state index >= 15 is 0 Å². The van der Waals surface area contributed by atoms with E-state index in [1.807, 2.05) is 18.2 Å². The third kappa shape index (κ3) is 3.96. The van der Waals surface area contributed by atoms with Gasteiger partial charge in [0.2, 0.25) is 0 Å². The summed E-state index contributed by atoms with van der Waals surface area (Å²) in [6, 6.07) is 9.54. The number of halogens is 1. The van der Waals surface area contributed by atoms with E-state index in [0.717, 1.165) is 34.2 Å². The minimum atomic E-state index is 0.440. The van der Waals surface area contributed by atoms with E-state index < -0.39 is 0 Å². The number of ether oxygens (including phenoxy) is 1. The summed E-state index contributed by atoms with van der Waals surface area (Å²) in [6.45, 7) is 2.62. The molecular weight excluding hydrogens is 292 g/mol. The first-order valence-corrected chi connectivity index (χ1v) is 7.65. The highest BCUT2D eigenvalue weighted by Crippen LogP contribution is 2.21. The molecule has 104 valence electrons. The van der Waals surface area contributed by atoms with Crippen molar-refractivity contribution in [2.75, 3.05) is 6.61 Å². The highest BCUT2D eigenvalue weighted by molar-refractivity contribution is 7.11. The van der Waals surface area contributed by atoms with Crippen LogP contribution in [0.3, 0.4) is 0 Å². The zero-order valence-electron chi connectivity index (χ0n) is 11.2. The maximum atomic E-state index is 8.79. The number of aryl methyl sites for hydroxylation is 1. The molecule has 0 aliphatic heterocycles. The van der Waals surface area contributed by atoms with Crippen LogP contribution >= 0.6 is 22.9 Å². The third-order valence-corrected chi connectivity index (χ3v) is 4.17. The zero-order chi connectivity index (χ0) is 14.4. The van der Waals surface area contributed by atoms with Crippen molar-refractivity contribution in [1.82, 2.24) is 4.98 Å². The summed E-state index contributed by atoms with van der Waals surface area (Å²) in [4.78, 5) is 5.63. The van der Waals surface area contributed by atoms with Gasteiger partial charge < -0.3 is 4.74 Å². The second-order valence-corrected chi connectivity index (χ2v) is 5.83. The number of thiazole rings is 1. The van der Waals surface area contributed by atoms with Crippen molar-refractivity contribution >= 4 is 22.9 Å². The fraction of sp³-hybridized carbons (Fsp3) is 0.333. The number of nitrogens with zero attached hydrogens (tertiary/aromatic N) is 2. The Morgan fingerprint density at radius 2 is 2.30 bits per heavy atom. The van der Waals surface area contributed by atoms with Gasteiger partial charge in [0.05, 0.1) is 29.8 Å². The minimum absolute atomic E-state index is 0.440. The minimum Gasteiger partial charge on any atom is -0.493 e. The number of aromatic nitrogens is 1. The summed E-state index contributed by atoms with van der Waals surface area (Å²) < 4.78 is 5.65. The molecule has 1 aromatic carbocycles. The lowest BCUT2D eigenvalue weighted by molar-refractivity contribution is 0.321. The van der Waals surface area contributed by atoms with Crippen molar-refractivity contribution < 1.29 is 4.74 Å². The Hall–Kier alpha value is -1.57. The van der Waals surface area contributed by atoms with Crippen LogP contribution in [-0.2, 0) is 19.3 Å². The Morgan fingerprint density at radius 3 is 3.00 bits per heavy atom. The van der Waals surface area contributed by atoms with Gasteiger partial charge in [-0.15, -0.1) is 11.3 Å². The molecule has 0 spiro atoms. The standard InChI is InChI=1S/C15H15ClN2OS/c1-2-13-14(6-8-17)20-15(18-13)7-9-19-12-5-3-4-11(16)10-12/h3-5,10H,2,6-7,9H2,1H3. The van der Waals surface area contributed by atoms with Gasteiger partial charge in [-0.1, -0.05) is 24.6 Å². The second kappa shape index (κ2) is 7.28. The van der Waals surface area contributed by atoms with E-state index in [0.29, 0.717) is 18.1 Å². The van der Waals surface area contributed by atoms with Crippen LogP contribution in [0, 0.1) is 11.3 Å². The first-order chi connectivity index (χ1) is 9.72. The topological polar surface area (TPSA) is 45.9 Å². The molecule has 0 saturated heterocycles. The number of hydrogen-bond acceptors (Lipinski definition) is 4. The molecule has 20 heavy (non-hydrogen) atoms. The molecule has 0 aliphatic rings. The predicted molar refractivity (Wildman–Crippen MR) is 81.5 cm³/mol. The molecule has 0 atom stereocenters. The molecular formula is C15H15ClN2OS. The Labute approximate surface area is 127 Å². The van der Waals surface area contributed by atoms with Crippen LogP contribution in [0.25, 0.3) is 0 Å². The van der Waals surface area contributed by atoms with Gasteiger partial charge in [0.15, 0.2) is 0 Å². The van der Waals surface area contributed by atoms with Gasteiger partial charge in [0.25, 0.3) is 0 Å².